The second-order valence-corrected chi connectivity index (χ2v) is 16.3. The third kappa shape index (κ3) is 3.65. The first-order valence-electron chi connectivity index (χ1n) is 20.1. The summed E-state index contributed by atoms with van der Waals surface area (Å²) in [4.78, 5) is 0. The van der Waals surface area contributed by atoms with Gasteiger partial charge < -0.3 is 0 Å². The first kappa shape index (κ1) is 30.0. The van der Waals surface area contributed by atoms with Gasteiger partial charge in [0.05, 0.1) is 5.41 Å². The molecule has 2 aliphatic rings. The summed E-state index contributed by atoms with van der Waals surface area (Å²) in [5, 5.41) is 15.8. The molecule has 0 unspecified atom stereocenters. The molecule has 0 atom stereocenters. The van der Waals surface area contributed by atoms with E-state index in [2.05, 4.69) is 194 Å². The van der Waals surface area contributed by atoms with E-state index in [9.17, 15) is 0 Å². The van der Waals surface area contributed by atoms with Gasteiger partial charge in [-0.05, 0) is 144 Å². The van der Waals surface area contributed by atoms with E-state index in [1.165, 1.54) is 131 Å². The molecule has 12 aromatic carbocycles. The standard InChI is InChI=1S/C57H32/c1-3-13-49-43(11-1)44-12-2-4-14-50(44)57(49)51-31-39(41-25-19-37-17-15-33-7-5-9-35-21-29-47(41)55(37)53(33)35)23-27-45(51)46-28-24-40(32-52(46)57)42-26-20-38-18-16-34-8-6-10-36-22-30-48(42)56(38)54(34)36/h1-32H. The van der Waals surface area contributed by atoms with E-state index in [4.69, 9.17) is 0 Å². The van der Waals surface area contributed by atoms with Crippen molar-refractivity contribution in [2.45, 2.75) is 5.41 Å². The highest BCUT2D eigenvalue weighted by Crippen LogP contribution is 2.63. The molecule has 0 heteroatoms. The summed E-state index contributed by atoms with van der Waals surface area (Å²) >= 11 is 0. The number of fused-ring (bicyclic) bond motifs is 10. The Morgan fingerprint density at radius 1 is 0.228 bits per heavy atom. The maximum absolute atomic E-state index is 2.54. The minimum Gasteiger partial charge on any atom is -0.0619 e. The average Bonchev–Trinajstić information content (AvgIpc) is 3.74. The Morgan fingerprint density at radius 3 is 1.04 bits per heavy atom. The van der Waals surface area contributed by atoms with Crippen LogP contribution in [0.15, 0.2) is 194 Å². The Bertz CT molecular complexity index is 3420. The minimum absolute atomic E-state index is 0.461. The van der Waals surface area contributed by atoms with Crippen molar-refractivity contribution in [1.29, 1.82) is 0 Å². The van der Waals surface area contributed by atoms with Gasteiger partial charge in [0, 0.05) is 0 Å². The highest BCUT2D eigenvalue weighted by Gasteiger charge is 2.51. The van der Waals surface area contributed by atoms with Gasteiger partial charge in [-0.15, -0.1) is 0 Å². The summed E-state index contributed by atoms with van der Waals surface area (Å²) in [6, 6.07) is 74.0. The SMILES string of the molecule is c1ccc2c(c1)-c1ccccc1C21c2cc(-c3ccc4ccc5cccc6ccc3c4c56)ccc2-c2ccc(-c3ccc4ccc5cccc6ccc3c4c56)cc21. The lowest BCUT2D eigenvalue weighted by Gasteiger charge is -2.31. The van der Waals surface area contributed by atoms with Crippen LogP contribution in [0.3, 0.4) is 0 Å². The molecule has 57 heavy (non-hydrogen) atoms. The third-order valence-electron chi connectivity index (χ3n) is 13.8. The van der Waals surface area contributed by atoms with E-state index in [0.29, 0.717) is 0 Å². The van der Waals surface area contributed by atoms with Crippen molar-refractivity contribution in [3.05, 3.63) is 216 Å². The predicted molar refractivity (Wildman–Crippen MR) is 241 cm³/mol. The van der Waals surface area contributed by atoms with Crippen LogP contribution in [0.25, 0.3) is 109 Å². The van der Waals surface area contributed by atoms with E-state index in [-0.39, 0.29) is 0 Å². The van der Waals surface area contributed by atoms with Crippen LogP contribution in [0.5, 0.6) is 0 Å². The zero-order valence-corrected chi connectivity index (χ0v) is 31.0. The van der Waals surface area contributed by atoms with Crippen LogP contribution in [0.2, 0.25) is 0 Å². The number of hydrogen-bond acceptors (Lipinski definition) is 0. The van der Waals surface area contributed by atoms with E-state index >= 15 is 0 Å². The molecular weight excluding hydrogens is 685 g/mol. The van der Waals surface area contributed by atoms with Gasteiger partial charge in [0.1, 0.15) is 0 Å². The van der Waals surface area contributed by atoms with E-state index in [0.717, 1.165) is 0 Å². The van der Waals surface area contributed by atoms with Gasteiger partial charge in [0.25, 0.3) is 0 Å². The molecule has 2 aliphatic carbocycles. The highest BCUT2D eigenvalue weighted by atomic mass is 14.5. The smallest absolute Gasteiger partial charge is 0.0619 e. The fourth-order valence-electron chi connectivity index (χ4n) is 11.4. The molecule has 14 rings (SSSR count). The largest absolute Gasteiger partial charge is 0.0725 e. The Hall–Kier alpha value is -7.28. The van der Waals surface area contributed by atoms with Gasteiger partial charge in [-0.2, -0.15) is 0 Å². The Balaban J connectivity index is 1.05. The molecule has 12 aromatic rings. The summed E-state index contributed by atoms with van der Waals surface area (Å²) in [5.74, 6) is 0. The fraction of sp³-hybridized carbons (Fsp3) is 0.0175. The van der Waals surface area contributed by atoms with Gasteiger partial charge in [-0.3, -0.25) is 0 Å². The number of rotatable bonds is 2. The molecule has 0 radical (unpaired) electrons. The van der Waals surface area contributed by atoms with Crippen molar-refractivity contribution in [3.8, 4) is 44.5 Å². The summed E-state index contributed by atoms with van der Waals surface area (Å²) in [6.45, 7) is 0. The Labute approximate surface area is 329 Å². The monoisotopic (exact) mass is 716 g/mol. The normalized spacial score (nSPS) is 13.8. The molecular formula is C57H32. The van der Waals surface area contributed by atoms with Gasteiger partial charge >= 0.3 is 0 Å². The van der Waals surface area contributed by atoms with Crippen molar-refractivity contribution in [1.82, 2.24) is 0 Å². The summed E-state index contributed by atoms with van der Waals surface area (Å²) in [6.07, 6.45) is 0. The van der Waals surface area contributed by atoms with Crippen molar-refractivity contribution >= 4 is 64.6 Å². The Kier molecular flexibility index (Phi) is 5.53. The molecule has 0 amide bonds. The molecule has 0 aromatic heterocycles. The summed E-state index contributed by atoms with van der Waals surface area (Å²) < 4.78 is 0. The molecule has 0 nitrogen and oxygen atoms in total. The molecule has 260 valence electrons. The van der Waals surface area contributed by atoms with Crippen LogP contribution in [-0.2, 0) is 5.41 Å². The van der Waals surface area contributed by atoms with Gasteiger partial charge in [-0.25, -0.2) is 0 Å². The van der Waals surface area contributed by atoms with E-state index < -0.39 is 5.41 Å². The topological polar surface area (TPSA) is 0 Å². The third-order valence-corrected chi connectivity index (χ3v) is 13.8. The van der Waals surface area contributed by atoms with E-state index in [1.807, 2.05) is 0 Å². The molecule has 0 heterocycles. The van der Waals surface area contributed by atoms with Crippen molar-refractivity contribution in [2.75, 3.05) is 0 Å². The van der Waals surface area contributed by atoms with Crippen LogP contribution in [-0.4, -0.2) is 0 Å². The lowest BCUT2D eigenvalue weighted by Crippen LogP contribution is -2.26. The average molecular weight is 717 g/mol. The predicted octanol–water partition coefficient (Wildman–Crippen LogP) is 15.2. The maximum Gasteiger partial charge on any atom is 0.0725 e. The molecule has 0 fully saturated rings. The maximum atomic E-state index is 2.54. The second kappa shape index (κ2) is 10.5. The van der Waals surface area contributed by atoms with Crippen LogP contribution < -0.4 is 0 Å². The lowest BCUT2D eigenvalue weighted by molar-refractivity contribution is 0.794. The van der Waals surface area contributed by atoms with Crippen LogP contribution >= 0.6 is 0 Å². The molecule has 0 saturated heterocycles. The van der Waals surface area contributed by atoms with Crippen LogP contribution in [0.1, 0.15) is 22.3 Å². The minimum atomic E-state index is -0.461. The Morgan fingerprint density at radius 2 is 0.579 bits per heavy atom. The first-order valence-corrected chi connectivity index (χ1v) is 20.1. The molecule has 0 N–H and O–H groups in total. The van der Waals surface area contributed by atoms with Crippen molar-refractivity contribution in [3.63, 3.8) is 0 Å². The molecule has 0 bridgehead atoms. The van der Waals surface area contributed by atoms with Crippen LogP contribution in [0.4, 0.5) is 0 Å². The lowest BCUT2D eigenvalue weighted by atomic mass is 9.70. The first-order chi connectivity index (χ1) is 28.3. The van der Waals surface area contributed by atoms with Crippen molar-refractivity contribution < 1.29 is 0 Å². The fourth-order valence-corrected chi connectivity index (χ4v) is 11.4. The number of benzene rings is 12. The summed E-state index contributed by atoms with van der Waals surface area (Å²) in [5.41, 5.74) is 15.4. The van der Waals surface area contributed by atoms with Crippen molar-refractivity contribution in [2.24, 2.45) is 0 Å². The molecule has 0 aliphatic heterocycles. The zero-order chi connectivity index (χ0) is 37.0. The quantitative estimate of drug-likeness (QED) is 0.156. The second-order valence-electron chi connectivity index (χ2n) is 16.3. The van der Waals surface area contributed by atoms with E-state index in [1.54, 1.807) is 0 Å². The highest BCUT2D eigenvalue weighted by molar-refractivity contribution is 6.27. The van der Waals surface area contributed by atoms with Crippen LogP contribution in [0, 0.1) is 0 Å². The molecule has 1 spiro atoms. The van der Waals surface area contributed by atoms with Gasteiger partial charge in [-0.1, -0.05) is 182 Å². The summed E-state index contributed by atoms with van der Waals surface area (Å²) in [7, 11) is 0. The molecule has 0 saturated carbocycles. The van der Waals surface area contributed by atoms with Gasteiger partial charge in [0.15, 0.2) is 0 Å². The zero-order valence-electron chi connectivity index (χ0n) is 31.0. The van der Waals surface area contributed by atoms with Gasteiger partial charge in [0.2, 0.25) is 0 Å². The number of hydrogen-bond donors (Lipinski definition) is 0.